The third-order valence-electron chi connectivity index (χ3n) is 2.71. The molecule has 1 atom stereocenters. The highest BCUT2D eigenvalue weighted by molar-refractivity contribution is 9.11. The molecule has 0 saturated carbocycles. The molecule has 2 heterocycles. The van der Waals surface area contributed by atoms with Crippen LogP contribution in [0.1, 0.15) is 18.7 Å². The number of nitrogens with zero attached hydrogens (tertiary/aromatic N) is 1. The number of carbonyl (C=O) groups is 3. The van der Waals surface area contributed by atoms with Crippen molar-refractivity contribution < 1.29 is 19.1 Å². The van der Waals surface area contributed by atoms with E-state index in [4.69, 9.17) is 4.74 Å². The second-order valence-corrected chi connectivity index (χ2v) is 7.61. The highest BCUT2D eigenvalue weighted by Gasteiger charge is 2.41. The highest BCUT2D eigenvalue weighted by Crippen LogP contribution is 2.35. The van der Waals surface area contributed by atoms with Crippen molar-refractivity contribution in [1.82, 2.24) is 4.90 Å². The summed E-state index contributed by atoms with van der Waals surface area (Å²) in [6.07, 6.45) is 1.65. The largest absolute Gasteiger partial charge is 0.464 e. The minimum atomic E-state index is -0.918. The fourth-order valence-corrected chi connectivity index (χ4v) is 4.06. The predicted molar refractivity (Wildman–Crippen MR) is 85.9 cm³/mol. The smallest absolute Gasteiger partial charge is 0.329 e. The molecule has 0 spiro atoms. The van der Waals surface area contributed by atoms with E-state index in [1.165, 1.54) is 18.3 Å². The Kier molecular flexibility index (Phi) is 5.23. The zero-order valence-corrected chi connectivity index (χ0v) is 14.5. The summed E-state index contributed by atoms with van der Waals surface area (Å²) in [7, 11) is 0. The summed E-state index contributed by atoms with van der Waals surface area (Å²) in [5.74, 6) is -1.05. The molecule has 0 aliphatic carbocycles. The van der Waals surface area contributed by atoms with Gasteiger partial charge in [0.05, 0.1) is 15.3 Å². The standard InChI is InChI=1S/C13H12BrNO4S2/c1-3-19-12(17)7(2)15-11(16)9(21-13(15)18)6-8-4-5-10(14)20-8/h4-7H,3H2,1-2H3/b9-6+/t7-/m0/s1. The van der Waals surface area contributed by atoms with Crippen molar-refractivity contribution in [3.8, 4) is 0 Å². The number of thiophene rings is 1. The van der Waals surface area contributed by atoms with E-state index < -0.39 is 23.2 Å². The SMILES string of the molecule is CCOC(=O)[C@H](C)N1C(=O)S/C(=C/c2ccc(Br)s2)C1=O. The topological polar surface area (TPSA) is 63.7 Å². The number of carbonyl (C=O) groups excluding carboxylic acids is 3. The molecule has 21 heavy (non-hydrogen) atoms. The van der Waals surface area contributed by atoms with E-state index in [0.29, 0.717) is 4.91 Å². The monoisotopic (exact) mass is 389 g/mol. The lowest BCUT2D eigenvalue weighted by atomic mass is 10.3. The fraction of sp³-hybridized carbons (Fsp3) is 0.308. The molecular weight excluding hydrogens is 378 g/mol. The molecule has 1 aromatic heterocycles. The summed E-state index contributed by atoms with van der Waals surface area (Å²) in [4.78, 5) is 38.0. The van der Waals surface area contributed by atoms with E-state index in [9.17, 15) is 14.4 Å². The van der Waals surface area contributed by atoms with Gasteiger partial charge in [-0.1, -0.05) is 0 Å². The molecule has 5 nitrogen and oxygen atoms in total. The molecule has 1 aromatic rings. The van der Waals surface area contributed by atoms with Crippen molar-refractivity contribution in [2.24, 2.45) is 0 Å². The van der Waals surface area contributed by atoms with E-state index in [1.54, 1.807) is 13.0 Å². The Morgan fingerprint density at radius 1 is 1.48 bits per heavy atom. The van der Waals surface area contributed by atoms with Gasteiger partial charge in [0.1, 0.15) is 6.04 Å². The van der Waals surface area contributed by atoms with Gasteiger partial charge in [-0.05, 0) is 59.7 Å². The van der Waals surface area contributed by atoms with Gasteiger partial charge in [-0.3, -0.25) is 14.5 Å². The van der Waals surface area contributed by atoms with Crippen LogP contribution in [0, 0.1) is 0 Å². The summed E-state index contributed by atoms with van der Waals surface area (Å²) < 4.78 is 5.79. The zero-order valence-electron chi connectivity index (χ0n) is 11.3. The number of amides is 2. The average molecular weight is 390 g/mol. The van der Waals surface area contributed by atoms with Crippen molar-refractivity contribution in [2.75, 3.05) is 6.61 Å². The van der Waals surface area contributed by atoms with Crippen molar-refractivity contribution in [3.05, 3.63) is 25.7 Å². The third kappa shape index (κ3) is 3.56. The van der Waals surface area contributed by atoms with Gasteiger partial charge in [0.2, 0.25) is 0 Å². The van der Waals surface area contributed by atoms with Gasteiger partial charge < -0.3 is 4.74 Å². The lowest BCUT2D eigenvalue weighted by Crippen LogP contribution is -2.42. The number of imide groups is 1. The van der Waals surface area contributed by atoms with Gasteiger partial charge in [0.15, 0.2) is 0 Å². The molecule has 0 aromatic carbocycles. The quantitative estimate of drug-likeness (QED) is 0.582. The molecule has 2 amide bonds. The molecule has 0 radical (unpaired) electrons. The maximum Gasteiger partial charge on any atom is 0.329 e. The molecule has 1 aliphatic rings. The van der Waals surface area contributed by atoms with Crippen molar-refractivity contribution in [1.29, 1.82) is 0 Å². The summed E-state index contributed by atoms with van der Waals surface area (Å²) in [5, 5.41) is -0.456. The molecule has 8 heteroatoms. The first-order valence-corrected chi connectivity index (χ1v) is 8.55. The van der Waals surface area contributed by atoms with Gasteiger partial charge in [0, 0.05) is 4.88 Å². The minimum absolute atomic E-state index is 0.207. The molecule has 0 bridgehead atoms. The fourth-order valence-electron chi connectivity index (χ4n) is 1.72. The summed E-state index contributed by atoms with van der Waals surface area (Å²) in [6.45, 7) is 3.37. The molecule has 0 N–H and O–H groups in total. The highest BCUT2D eigenvalue weighted by atomic mass is 79.9. The van der Waals surface area contributed by atoms with E-state index in [0.717, 1.165) is 25.3 Å². The number of thioether (sulfide) groups is 1. The van der Waals surface area contributed by atoms with Crippen LogP contribution in [-0.2, 0) is 14.3 Å². The Balaban J connectivity index is 2.20. The third-order valence-corrected chi connectivity index (χ3v) is 5.16. The molecule has 1 fully saturated rings. The Labute approximate surface area is 138 Å². The van der Waals surface area contributed by atoms with Crippen LogP contribution in [0.4, 0.5) is 4.79 Å². The van der Waals surface area contributed by atoms with E-state index >= 15 is 0 Å². The minimum Gasteiger partial charge on any atom is -0.464 e. The maximum absolute atomic E-state index is 12.3. The molecule has 1 saturated heterocycles. The van der Waals surface area contributed by atoms with Gasteiger partial charge in [-0.15, -0.1) is 11.3 Å². The normalized spacial score (nSPS) is 18.4. The first-order chi connectivity index (χ1) is 9.93. The van der Waals surface area contributed by atoms with Crippen LogP contribution in [0.25, 0.3) is 6.08 Å². The lowest BCUT2D eigenvalue weighted by molar-refractivity contribution is -0.150. The van der Waals surface area contributed by atoms with E-state index in [2.05, 4.69) is 15.9 Å². The van der Waals surface area contributed by atoms with Crippen LogP contribution in [0.2, 0.25) is 0 Å². The lowest BCUT2D eigenvalue weighted by Gasteiger charge is -2.19. The predicted octanol–water partition coefficient (Wildman–Crippen LogP) is 3.50. The first kappa shape index (κ1) is 16.3. The number of halogens is 1. The van der Waals surface area contributed by atoms with Crippen molar-refractivity contribution in [3.63, 3.8) is 0 Å². The average Bonchev–Trinajstić information content (AvgIpc) is 2.94. The molecule has 112 valence electrons. The second kappa shape index (κ2) is 6.76. The molecule has 1 aliphatic heterocycles. The zero-order chi connectivity index (χ0) is 15.6. The first-order valence-electron chi connectivity index (χ1n) is 6.13. The Hall–Kier alpha value is -1.12. The number of esters is 1. The van der Waals surface area contributed by atoms with Crippen LogP contribution in [-0.4, -0.2) is 34.7 Å². The van der Waals surface area contributed by atoms with Crippen molar-refractivity contribution >= 4 is 62.2 Å². The van der Waals surface area contributed by atoms with Crippen LogP contribution in [0.3, 0.4) is 0 Å². The van der Waals surface area contributed by atoms with Crippen molar-refractivity contribution in [2.45, 2.75) is 19.9 Å². The van der Waals surface area contributed by atoms with Gasteiger partial charge in [0.25, 0.3) is 11.1 Å². The Morgan fingerprint density at radius 2 is 2.19 bits per heavy atom. The second-order valence-electron chi connectivity index (χ2n) is 4.12. The van der Waals surface area contributed by atoms with E-state index in [1.807, 2.05) is 12.1 Å². The molecule has 0 unspecified atom stereocenters. The van der Waals surface area contributed by atoms with Crippen LogP contribution < -0.4 is 0 Å². The van der Waals surface area contributed by atoms with Crippen LogP contribution >= 0.6 is 39.0 Å². The van der Waals surface area contributed by atoms with Gasteiger partial charge >= 0.3 is 5.97 Å². The number of hydrogen-bond acceptors (Lipinski definition) is 6. The summed E-state index contributed by atoms with van der Waals surface area (Å²) in [6, 6.07) is 2.79. The van der Waals surface area contributed by atoms with Crippen LogP contribution in [0.5, 0.6) is 0 Å². The maximum atomic E-state index is 12.3. The summed E-state index contributed by atoms with van der Waals surface area (Å²) in [5.41, 5.74) is 0. The number of ether oxygens (including phenoxy) is 1. The van der Waals surface area contributed by atoms with E-state index in [-0.39, 0.29) is 6.61 Å². The molecular formula is C13H12BrNO4S2. The van der Waals surface area contributed by atoms with Gasteiger partial charge in [-0.2, -0.15) is 0 Å². The number of rotatable bonds is 4. The number of hydrogen-bond donors (Lipinski definition) is 0. The molecule has 2 rings (SSSR count). The Bertz CT molecular complexity index is 625. The van der Waals surface area contributed by atoms with Crippen LogP contribution in [0.15, 0.2) is 20.8 Å². The Morgan fingerprint density at radius 3 is 2.76 bits per heavy atom. The summed E-state index contributed by atoms with van der Waals surface area (Å²) >= 11 is 5.63. The van der Waals surface area contributed by atoms with Gasteiger partial charge in [-0.25, -0.2) is 4.79 Å².